The first kappa shape index (κ1) is 12.7. The molecule has 0 radical (unpaired) electrons. The lowest BCUT2D eigenvalue weighted by Crippen LogP contribution is -2.27. The van der Waals surface area contributed by atoms with Gasteiger partial charge < -0.3 is 15.2 Å². The van der Waals surface area contributed by atoms with Crippen LogP contribution in [0.2, 0.25) is 5.02 Å². The highest BCUT2D eigenvalue weighted by Crippen LogP contribution is 2.32. The molecular formula is C13H18ClNO2. The molecule has 3 nitrogen and oxygen atoms in total. The normalized spacial score (nSPS) is 19.0. The maximum absolute atomic E-state index is 6.29. The van der Waals surface area contributed by atoms with Gasteiger partial charge in [0.1, 0.15) is 5.75 Å². The SMILES string of the molecule is COc1cc([C@H](N)C2CCOCC2)ccc1Cl. The van der Waals surface area contributed by atoms with Crippen molar-refractivity contribution in [2.45, 2.75) is 18.9 Å². The lowest BCUT2D eigenvalue weighted by Gasteiger charge is -2.28. The molecule has 0 aliphatic carbocycles. The molecule has 0 spiro atoms. The summed E-state index contributed by atoms with van der Waals surface area (Å²) in [6, 6.07) is 5.78. The fourth-order valence-electron chi connectivity index (χ4n) is 2.23. The number of hydrogen-bond donors (Lipinski definition) is 1. The van der Waals surface area contributed by atoms with Crippen molar-refractivity contribution in [3.8, 4) is 5.75 Å². The first-order valence-corrected chi connectivity index (χ1v) is 6.27. The Morgan fingerprint density at radius 3 is 2.76 bits per heavy atom. The second-order valence-electron chi connectivity index (χ2n) is 4.37. The first-order chi connectivity index (χ1) is 8.22. The monoisotopic (exact) mass is 255 g/mol. The van der Waals surface area contributed by atoms with Crippen LogP contribution in [0.5, 0.6) is 5.75 Å². The molecule has 1 aliphatic rings. The summed E-state index contributed by atoms with van der Waals surface area (Å²) >= 11 is 6.00. The van der Waals surface area contributed by atoms with E-state index >= 15 is 0 Å². The van der Waals surface area contributed by atoms with E-state index in [0.29, 0.717) is 16.7 Å². The molecule has 0 bridgehead atoms. The van der Waals surface area contributed by atoms with Crippen LogP contribution in [-0.4, -0.2) is 20.3 Å². The first-order valence-electron chi connectivity index (χ1n) is 5.89. The highest BCUT2D eigenvalue weighted by atomic mass is 35.5. The number of nitrogens with two attached hydrogens (primary N) is 1. The zero-order valence-electron chi connectivity index (χ0n) is 9.99. The summed E-state index contributed by atoms with van der Waals surface area (Å²) in [7, 11) is 1.62. The van der Waals surface area contributed by atoms with Gasteiger partial charge >= 0.3 is 0 Å². The fourth-order valence-corrected chi connectivity index (χ4v) is 2.43. The molecule has 0 saturated carbocycles. The summed E-state index contributed by atoms with van der Waals surface area (Å²) in [6.45, 7) is 1.62. The van der Waals surface area contributed by atoms with Crippen molar-refractivity contribution in [1.29, 1.82) is 0 Å². The van der Waals surface area contributed by atoms with Crippen LogP contribution in [0, 0.1) is 5.92 Å². The summed E-state index contributed by atoms with van der Waals surface area (Å²) in [5.74, 6) is 1.17. The van der Waals surface area contributed by atoms with E-state index in [0.717, 1.165) is 31.6 Å². The number of rotatable bonds is 3. The zero-order chi connectivity index (χ0) is 12.3. The van der Waals surface area contributed by atoms with Crippen LogP contribution < -0.4 is 10.5 Å². The summed E-state index contributed by atoms with van der Waals surface area (Å²) in [5, 5.41) is 0.621. The molecule has 1 fully saturated rings. The minimum Gasteiger partial charge on any atom is -0.495 e. The molecule has 0 amide bonds. The summed E-state index contributed by atoms with van der Waals surface area (Å²) in [5.41, 5.74) is 7.37. The number of halogens is 1. The molecule has 94 valence electrons. The third-order valence-corrected chi connectivity index (χ3v) is 3.65. The highest BCUT2D eigenvalue weighted by molar-refractivity contribution is 6.32. The van der Waals surface area contributed by atoms with Crippen molar-refractivity contribution < 1.29 is 9.47 Å². The maximum atomic E-state index is 6.29. The Morgan fingerprint density at radius 2 is 2.12 bits per heavy atom. The van der Waals surface area contributed by atoms with Crippen LogP contribution in [0.3, 0.4) is 0 Å². The summed E-state index contributed by atoms with van der Waals surface area (Å²) in [4.78, 5) is 0. The van der Waals surface area contributed by atoms with Gasteiger partial charge in [-0.1, -0.05) is 17.7 Å². The van der Waals surface area contributed by atoms with E-state index in [4.69, 9.17) is 26.8 Å². The molecule has 1 aliphatic heterocycles. The Hall–Kier alpha value is -0.770. The van der Waals surface area contributed by atoms with Gasteiger partial charge in [0.25, 0.3) is 0 Å². The average Bonchev–Trinajstić information content (AvgIpc) is 2.39. The predicted molar refractivity (Wildman–Crippen MR) is 68.5 cm³/mol. The largest absolute Gasteiger partial charge is 0.495 e. The molecular weight excluding hydrogens is 238 g/mol. The van der Waals surface area contributed by atoms with Gasteiger partial charge in [-0.15, -0.1) is 0 Å². The van der Waals surface area contributed by atoms with E-state index in [1.54, 1.807) is 7.11 Å². The van der Waals surface area contributed by atoms with Crippen molar-refractivity contribution in [1.82, 2.24) is 0 Å². The molecule has 1 heterocycles. The van der Waals surface area contributed by atoms with E-state index in [2.05, 4.69) is 0 Å². The van der Waals surface area contributed by atoms with E-state index in [1.165, 1.54) is 0 Å². The lowest BCUT2D eigenvalue weighted by molar-refractivity contribution is 0.0583. The van der Waals surface area contributed by atoms with Crippen LogP contribution in [0.25, 0.3) is 0 Å². The molecule has 0 aromatic heterocycles. The van der Waals surface area contributed by atoms with E-state index in [-0.39, 0.29) is 6.04 Å². The molecule has 1 aromatic carbocycles. The summed E-state index contributed by atoms with van der Waals surface area (Å²) in [6.07, 6.45) is 2.04. The van der Waals surface area contributed by atoms with Crippen molar-refractivity contribution in [3.05, 3.63) is 28.8 Å². The van der Waals surface area contributed by atoms with Gasteiger partial charge in [-0.25, -0.2) is 0 Å². The second-order valence-corrected chi connectivity index (χ2v) is 4.78. The van der Waals surface area contributed by atoms with Crippen LogP contribution >= 0.6 is 11.6 Å². The van der Waals surface area contributed by atoms with Crippen molar-refractivity contribution in [3.63, 3.8) is 0 Å². The van der Waals surface area contributed by atoms with Gasteiger partial charge in [-0.3, -0.25) is 0 Å². The van der Waals surface area contributed by atoms with Crippen LogP contribution in [0.4, 0.5) is 0 Å². The number of ether oxygens (including phenoxy) is 2. The van der Waals surface area contributed by atoms with Crippen LogP contribution in [-0.2, 0) is 4.74 Å². The zero-order valence-corrected chi connectivity index (χ0v) is 10.7. The number of hydrogen-bond acceptors (Lipinski definition) is 3. The summed E-state index contributed by atoms with van der Waals surface area (Å²) < 4.78 is 10.6. The van der Waals surface area contributed by atoms with Gasteiger partial charge in [0.15, 0.2) is 0 Å². The minimum absolute atomic E-state index is 0.0325. The molecule has 1 aromatic rings. The Bertz CT molecular complexity index is 378. The Kier molecular flexibility index (Phi) is 4.26. The quantitative estimate of drug-likeness (QED) is 0.903. The Labute approximate surface area is 107 Å². The van der Waals surface area contributed by atoms with Gasteiger partial charge in [-0.2, -0.15) is 0 Å². The molecule has 1 saturated heterocycles. The maximum Gasteiger partial charge on any atom is 0.137 e. The van der Waals surface area contributed by atoms with E-state index in [9.17, 15) is 0 Å². The van der Waals surface area contributed by atoms with Gasteiger partial charge in [0.2, 0.25) is 0 Å². The standard InChI is InChI=1S/C13H18ClNO2/c1-16-12-8-10(2-3-11(12)14)13(15)9-4-6-17-7-5-9/h2-3,8-9,13H,4-7,15H2,1H3/t13-/m1/s1. The van der Waals surface area contributed by atoms with E-state index in [1.807, 2.05) is 18.2 Å². The Morgan fingerprint density at radius 1 is 1.41 bits per heavy atom. The van der Waals surface area contributed by atoms with Crippen LogP contribution in [0.1, 0.15) is 24.4 Å². The van der Waals surface area contributed by atoms with Crippen LogP contribution in [0.15, 0.2) is 18.2 Å². The Balaban J connectivity index is 2.15. The van der Waals surface area contributed by atoms with Crippen molar-refractivity contribution >= 4 is 11.6 Å². The number of methoxy groups -OCH3 is 1. The molecule has 1 atom stereocenters. The third kappa shape index (κ3) is 2.92. The number of benzene rings is 1. The fraction of sp³-hybridized carbons (Fsp3) is 0.538. The van der Waals surface area contributed by atoms with Gasteiger partial charge in [0.05, 0.1) is 12.1 Å². The van der Waals surface area contributed by atoms with Crippen molar-refractivity contribution in [2.24, 2.45) is 11.7 Å². The average molecular weight is 256 g/mol. The molecule has 17 heavy (non-hydrogen) atoms. The molecule has 4 heteroatoms. The smallest absolute Gasteiger partial charge is 0.137 e. The topological polar surface area (TPSA) is 44.5 Å². The van der Waals surface area contributed by atoms with Crippen molar-refractivity contribution in [2.75, 3.05) is 20.3 Å². The lowest BCUT2D eigenvalue weighted by atomic mass is 9.88. The molecule has 2 rings (SSSR count). The van der Waals surface area contributed by atoms with Gasteiger partial charge in [-0.05, 0) is 36.5 Å². The minimum atomic E-state index is 0.0325. The highest BCUT2D eigenvalue weighted by Gasteiger charge is 2.22. The molecule has 2 N–H and O–H groups in total. The second kappa shape index (κ2) is 5.71. The molecule has 0 unspecified atom stereocenters. The third-order valence-electron chi connectivity index (χ3n) is 3.33. The van der Waals surface area contributed by atoms with Gasteiger partial charge in [0, 0.05) is 19.3 Å². The van der Waals surface area contributed by atoms with E-state index < -0.39 is 0 Å². The predicted octanol–water partition coefficient (Wildman–Crippen LogP) is 2.78.